The van der Waals surface area contributed by atoms with E-state index in [2.05, 4.69) is 4.98 Å². The van der Waals surface area contributed by atoms with Gasteiger partial charge in [0, 0.05) is 12.7 Å². The predicted octanol–water partition coefficient (Wildman–Crippen LogP) is 2.62. The van der Waals surface area contributed by atoms with E-state index in [1.807, 2.05) is 31.2 Å². The highest BCUT2D eigenvalue weighted by Crippen LogP contribution is 2.24. The van der Waals surface area contributed by atoms with E-state index < -0.39 is 0 Å². The monoisotopic (exact) mass is 261 g/mol. The van der Waals surface area contributed by atoms with E-state index in [1.54, 1.807) is 18.9 Å². The lowest BCUT2D eigenvalue weighted by atomic mass is 10.2. The third kappa shape index (κ3) is 2.36. The molecule has 0 saturated carbocycles. The predicted molar refractivity (Wildman–Crippen MR) is 75.2 cm³/mol. The van der Waals surface area contributed by atoms with E-state index >= 15 is 0 Å². The van der Waals surface area contributed by atoms with E-state index in [-0.39, 0.29) is 5.91 Å². The van der Waals surface area contributed by atoms with Gasteiger partial charge in [0.25, 0.3) is 5.91 Å². The Balaban J connectivity index is 2.32. The van der Waals surface area contributed by atoms with Crippen LogP contribution in [0.25, 0.3) is 0 Å². The van der Waals surface area contributed by atoms with Gasteiger partial charge in [-0.25, -0.2) is 4.98 Å². The number of hydrogen-bond acceptors (Lipinski definition) is 4. The van der Waals surface area contributed by atoms with Crippen LogP contribution in [0.15, 0.2) is 24.3 Å². The molecule has 1 aromatic heterocycles. The number of aryl methyl sites for hydroxylation is 2. The SMILES string of the molecule is Cc1cccc(N(C)C(=O)c2sc(N)nc2C)c1. The number of aromatic nitrogens is 1. The molecule has 4 nitrogen and oxygen atoms in total. The zero-order valence-corrected chi connectivity index (χ0v) is 11.4. The number of nitrogens with two attached hydrogens (primary N) is 1. The molecule has 0 atom stereocenters. The molecule has 0 unspecified atom stereocenters. The number of hydrogen-bond donors (Lipinski definition) is 1. The quantitative estimate of drug-likeness (QED) is 0.904. The number of nitrogen functional groups attached to an aromatic ring is 1. The largest absolute Gasteiger partial charge is 0.375 e. The number of rotatable bonds is 2. The first kappa shape index (κ1) is 12.6. The van der Waals surface area contributed by atoms with Crippen LogP contribution in [-0.2, 0) is 0 Å². The molecular weight excluding hydrogens is 246 g/mol. The Morgan fingerprint density at radius 3 is 2.67 bits per heavy atom. The summed E-state index contributed by atoms with van der Waals surface area (Å²) in [6.07, 6.45) is 0. The topological polar surface area (TPSA) is 59.2 Å². The second-order valence-electron chi connectivity index (χ2n) is 4.17. The molecule has 1 aromatic carbocycles. The molecule has 0 aliphatic carbocycles. The fraction of sp³-hybridized carbons (Fsp3) is 0.231. The normalized spacial score (nSPS) is 10.4. The van der Waals surface area contributed by atoms with Gasteiger partial charge in [0.05, 0.1) is 5.69 Å². The number of amides is 1. The molecule has 0 aliphatic rings. The van der Waals surface area contributed by atoms with Gasteiger partial charge in [0.15, 0.2) is 5.13 Å². The Morgan fingerprint density at radius 1 is 1.39 bits per heavy atom. The van der Waals surface area contributed by atoms with Gasteiger partial charge < -0.3 is 10.6 Å². The maximum absolute atomic E-state index is 12.3. The van der Waals surface area contributed by atoms with Gasteiger partial charge in [-0.2, -0.15) is 0 Å². The van der Waals surface area contributed by atoms with Crippen LogP contribution in [0.2, 0.25) is 0 Å². The fourth-order valence-electron chi connectivity index (χ4n) is 1.72. The molecule has 2 rings (SSSR count). The molecular formula is C13H15N3OS. The maximum Gasteiger partial charge on any atom is 0.270 e. The van der Waals surface area contributed by atoms with Gasteiger partial charge >= 0.3 is 0 Å². The summed E-state index contributed by atoms with van der Waals surface area (Å²) in [5.41, 5.74) is 8.28. The van der Waals surface area contributed by atoms with Gasteiger partial charge in [0.1, 0.15) is 4.88 Å². The Morgan fingerprint density at radius 2 is 2.11 bits per heavy atom. The lowest BCUT2D eigenvalue weighted by molar-refractivity contribution is 0.0996. The average molecular weight is 261 g/mol. The van der Waals surface area contributed by atoms with Crippen LogP contribution in [-0.4, -0.2) is 17.9 Å². The molecule has 0 bridgehead atoms. The van der Waals surface area contributed by atoms with Crippen molar-refractivity contribution < 1.29 is 4.79 Å². The van der Waals surface area contributed by atoms with Crippen LogP contribution in [0.5, 0.6) is 0 Å². The minimum atomic E-state index is -0.0766. The van der Waals surface area contributed by atoms with Crippen LogP contribution >= 0.6 is 11.3 Å². The van der Waals surface area contributed by atoms with Crippen molar-refractivity contribution in [2.24, 2.45) is 0 Å². The lowest BCUT2D eigenvalue weighted by Gasteiger charge is -2.17. The summed E-state index contributed by atoms with van der Waals surface area (Å²) in [6.45, 7) is 3.79. The van der Waals surface area contributed by atoms with Crippen LogP contribution in [0.3, 0.4) is 0 Å². The standard InChI is InChI=1S/C13H15N3OS/c1-8-5-4-6-10(7-8)16(3)12(17)11-9(2)15-13(14)18-11/h4-7H,1-3H3,(H2,14,15). The summed E-state index contributed by atoms with van der Waals surface area (Å²) in [5, 5.41) is 0.425. The Kier molecular flexibility index (Phi) is 3.34. The highest BCUT2D eigenvalue weighted by molar-refractivity contribution is 7.17. The summed E-state index contributed by atoms with van der Waals surface area (Å²) in [6, 6.07) is 7.81. The smallest absolute Gasteiger partial charge is 0.270 e. The van der Waals surface area contributed by atoms with E-state index in [9.17, 15) is 4.79 Å². The molecule has 0 radical (unpaired) electrons. The third-order valence-electron chi connectivity index (χ3n) is 2.70. The first-order valence-corrected chi connectivity index (χ1v) is 6.38. The molecule has 2 N–H and O–H groups in total. The van der Waals surface area contributed by atoms with Gasteiger partial charge in [-0.1, -0.05) is 23.5 Å². The van der Waals surface area contributed by atoms with E-state index in [0.29, 0.717) is 15.7 Å². The molecule has 0 fully saturated rings. The molecule has 0 saturated heterocycles. The van der Waals surface area contributed by atoms with Gasteiger partial charge in [-0.3, -0.25) is 4.79 Å². The number of nitrogens with zero attached hydrogens (tertiary/aromatic N) is 2. The van der Waals surface area contributed by atoms with Crippen LogP contribution in [0, 0.1) is 13.8 Å². The minimum Gasteiger partial charge on any atom is -0.375 e. The molecule has 5 heteroatoms. The van der Waals surface area contributed by atoms with Gasteiger partial charge in [-0.05, 0) is 31.5 Å². The molecule has 0 aliphatic heterocycles. The molecule has 1 amide bonds. The zero-order valence-electron chi connectivity index (χ0n) is 10.6. The number of carbonyl (C=O) groups is 1. The molecule has 94 valence electrons. The van der Waals surface area contributed by atoms with Crippen molar-refractivity contribution in [1.82, 2.24) is 4.98 Å². The highest BCUT2D eigenvalue weighted by atomic mass is 32.1. The van der Waals surface area contributed by atoms with Crippen molar-refractivity contribution in [2.75, 3.05) is 17.7 Å². The number of benzene rings is 1. The fourth-order valence-corrected chi connectivity index (χ4v) is 2.53. The Labute approximate surface area is 110 Å². The first-order valence-electron chi connectivity index (χ1n) is 5.56. The van der Waals surface area contributed by atoms with Crippen molar-refractivity contribution in [2.45, 2.75) is 13.8 Å². The maximum atomic E-state index is 12.3. The third-order valence-corrected chi connectivity index (χ3v) is 3.68. The molecule has 2 aromatic rings. The highest BCUT2D eigenvalue weighted by Gasteiger charge is 2.19. The summed E-state index contributed by atoms with van der Waals surface area (Å²) in [7, 11) is 1.76. The first-order chi connectivity index (χ1) is 8.49. The van der Waals surface area contributed by atoms with Gasteiger partial charge in [0.2, 0.25) is 0 Å². The second-order valence-corrected chi connectivity index (χ2v) is 5.20. The molecule has 0 spiro atoms. The molecule has 1 heterocycles. The van der Waals surface area contributed by atoms with Crippen molar-refractivity contribution >= 4 is 28.1 Å². The average Bonchev–Trinajstić information content (AvgIpc) is 2.66. The van der Waals surface area contributed by atoms with Crippen molar-refractivity contribution in [3.05, 3.63) is 40.4 Å². The summed E-state index contributed by atoms with van der Waals surface area (Å²) in [5.74, 6) is -0.0766. The Bertz CT molecular complexity index is 592. The van der Waals surface area contributed by atoms with Crippen LogP contribution in [0.1, 0.15) is 20.9 Å². The van der Waals surface area contributed by atoms with Gasteiger partial charge in [-0.15, -0.1) is 0 Å². The van der Waals surface area contributed by atoms with Crippen molar-refractivity contribution in [3.63, 3.8) is 0 Å². The summed E-state index contributed by atoms with van der Waals surface area (Å²) < 4.78 is 0. The van der Waals surface area contributed by atoms with E-state index in [0.717, 1.165) is 11.3 Å². The Hall–Kier alpha value is -1.88. The van der Waals surface area contributed by atoms with E-state index in [4.69, 9.17) is 5.73 Å². The molecule has 18 heavy (non-hydrogen) atoms. The second kappa shape index (κ2) is 4.78. The number of thiazole rings is 1. The van der Waals surface area contributed by atoms with Crippen molar-refractivity contribution in [3.8, 4) is 0 Å². The minimum absolute atomic E-state index is 0.0766. The van der Waals surface area contributed by atoms with Crippen molar-refractivity contribution in [1.29, 1.82) is 0 Å². The van der Waals surface area contributed by atoms with Crippen LogP contribution in [0.4, 0.5) is 10.8 Å². The number of anilines is 2. The van der Waals surface area contributed by atoms with Crippen LogP contribution < -0.4 is 10.6 Å². The zero-order chi connectivity index (χ0) is 13.3. The lowest BCUT2D eigenvalue weighted by Crippen LogP contribution is -2.26. The summed E-state index contributed by atoms with van der Waals surface area (Å²) in [4.78, 5) is 18.6. The van der Waals surface area contributed by atoms with E-state index in [1.165, 1.54) is 11.3 Å². The summed E-state index contributed by atoms with van der Waals surface area (Å²) >= 11 is 1.23. The number of carbonyl (C=O) groups excluding carboxylic acids is 1.